The molecule has 1 atom stereocenters. The Labute approximate surface area is 130 Å². The van der Waals surface area contributed by atoms with Crippen LogP contribution in [-0.2, 0) is 0 Å². The van der Waals surface area contributed by atoms with E-state index in [1.165, 1.54) is 24.5 Å². The van der Waals surface area contributed by atoms with Gasteiger partial charge in [-0.1, -0.05) is 27.5 Å². The first-order valence-corrected chi connectivity index (χ1v) is 7.91. The number of benzene rings is 1. The first-order valence-electron chi connectivity index (χ1n) is 4.94. The molecule has 1 aromatic heterocycles. The van der Waals surface area contributed by atoms with E-state index < -0.39 is 0 Å². The molecule has 96 valence electrons. The Morgan fingerprint density at radius 3 is 2.72 bits per heavy atom. The Morgan fingerprint density at radius 2 is 2.17 bits per heavy atom. The molecule has 1 nitrogen and oxygen atoms in total. The summed E-state index contributed by atoms with van der Waals surface area (Å²) < 4.78 is 19.1. The number of methoxy groups -OCH3 is 1. The van der Waals surface area contributed by atoms with Crippen molar-refractivity contribution >= 4 is 54.8 Å². The van der Waals surface area contributed by atoms with Gasteiger partial charge in [0.15, 0.2) is 0 Å². The predicted octanol–water partition coefficient (Wildman–Crippen LogP) is 5.80. The molecule has 2 aromatic rings. The summed E-state index contributed by atoms with van der Waals surface area (Å²) in [5, 5.41) is 2.60. The van der Waals surface area contributed by atoms with Crippen LogP contribution < -0.4 is 4.74 Å². The Morgan fingerprint density at radius 1 is 1.44 bits per heavy atom. The summed E-state index contributed by atoms with van der Waals surface area (Å²) in [5.41, 5.74) is 0.829. The molecule has 0 saturated heterocycles. The minimum atomic E-state index is -0.354. The van der Waals surface area contributed by atoms with E-state index in [1.807, 2.05) is 11.4 Å². The van der Waals surface area contributed by atoms with Crippen LogP contribution >= 0.6 is 54.8 Å². The fraction of sp³-hybridized carbons (Fsp3) is 0.167. The predicted molar refractivity (Wildman–Crippen MR) is 80.8 cm³/mol. The van der Waals surface area contributed by atoms with E-state index in [1.54, 1.807) is 6.07 Å². The molecule has 0 bridgehead atoms. The fourth-order valence-corrected chi connectivity index (χ4v) is 4.13. The van der Waals surface area contributed by atoms with E-state index in [0.29, 0.717) is 15.2 Å². The second-order valence-electron chi connectivity index (χ2n) is 3.50. The fourth-order valence-electron chi connectivity index (χ4n) is 1.55. The maximum Gasteiger partial charge on any atom is 0.141 e. The molecule has 0 amide bonds. The summed E-state index contributed by atoms with van der Waals surface area (Å²) >= 11 is 14.4. The van der Waals surface area contributed by atoms with E-state index in [4.69, 9.17) is 16.3 Å². The van der Waals surface area contributed by atoms with Crippen LogP contribution in [0, 0.1) is 5.82 Å². The summed E-state index contributed by atoms with van der Waals surface area (Å²) in [5.74, 6) is 0.134. The number of hydrogen-bond donors (Lipinski definition) is 0. The van der Waals surface area contributed by atoms with Crippen molar-refractivity contribution in [2.24, 2.45) is 0 Å². The lowest BCUT2D eigenvalue weighted by molar-refractivity contribution is 0.406. The standard InChI is InChI=1S/C12H8Br2ClFOS/c1-17-10-5-9(16)7(13)4-6(10)11(14)12-8(15)2-3-18-12/h2-5,11H,1H3. The van der Waals surface area contributed by atoms with Crippen molar-refractivity contribution in [3.8, 4) is 5.75 Å². The molecule has 0 aliphatic rings. The van der Waals surface area contributed by atoms with Crippen molar-refractivity contribution in [1.82, 2.24) is 0 Å². The van der Waals surface area contributed by atoms with Crippen LogP contribution in [0.4, 0.5) is 4.39 Å². The van der Waals surface area contributed by atoms with Crippen molar-refractivity contribution in [3.05, 3.63) is 49.3 Å². The molecule has 2 rings (SSSR count). The number of rotatable bonds is 3. The van der Waals surface area contributed by atoms with Gasteiger partial charge >= 0.3 is 0 Å². The summed E-state index contributed by atoms with van der Waals surface area (Å²) in [6.45, 7) is 0. The zero-order valence-electron chi connectivity index (χ0n) is 9.22. The average molecular weight is 415 g/mol. The summed E-state index contributed by atoms with van der Waals surface area (Å²) in [6, 6.07) is 4.89. The van der Waals surface area contributed by atoms with Gasteiger partial charge in [-0.3, -0.25) is 0 Å². The summed E-state index contributed by atoms with van der Waals surface area (Å²) in [4.78, 5) is 0.838. The molecule has 1 unspecified atom stereocenters. The normalized spacial score (nSPS) is 12.5. The molecule has 0 aliphatic carbocycles. The highest BCUT2D eigenvalue weighted by Gasteiger charge is 2.20. The molecule has 0 fully saturated rings. The van der Waals surface area contributed by atoms with Crippen LogP contribution in [0.3, 0.4) is 0 Å². The van der Waals surface area contributed by atoms with Gasteiger partial charge in [-0.15, -0.1) is 11.3 Å². The third-order valence-electron chi connectivity index (χ3n) is 2.42. The zero-order chi connectivity index (χ0) is 13.3. The molecule has 0 aliphatic heterocycles. The molecule has 6 heteroatoms. The molecule has 0 saturated carbocycles. The highest BCUT2D eigenvalue weighted by atomic mass is 79.9. The maximum atomic E-state index is 13.5. The lowest BCUT2D eigenvalue weighted by Gasteiger charge is -2.14. The Bertz CT molecular complexity index is 573. The lowest BCUT2D eigenvalue weighted by Crippen LogP contribution is -1.97. The van der Waals surface area contributed by atoms with E-state index in [2.05, 4.69) is 31.9 Å². The SMILES string of the molecule is COc1cc(F)c(Br)cc1C(Br)c1sccc1Cl. The van der Waals surface area contributed by atoms with Crippen LogP contribution in [0.15, 0.2) is 28.1 Å². The van der Waals surface area contributed by atoms with E-state index in [0.717, 1.165) is 10.4 Å². The van der Waals surface area contributed by atoms with Crippen molar-refractivity contribution in [2.45, 2.75) is 4.83 Å². The van der Waals surface area contributed by atoms with Crippen LogP contribution in [0.1, 0.15) is 15.3 Å². The van der Waals surface area contributed by atoms with E-state index in [9.17, 15) is 4.39 Å². The highest BCUT2D eigenvalue weighted by Crippen LogP contribution is 2.43. The Balaban J connectivity index is 2.50. The smallest absolute Gasteiger partial charge is 0.141 e. The van der Waals surface area contributed by atoms with Gasteiger partial charge in [0.2, 0.25) is 0 Å². The minimum Gasteiger partial charge on any atom is -0.496 e. The monoisotopic (exact) mass is 412 g/mol. The largest absolute Gasteiger partial charge is 0.496 e. The Hall–Kier alpha value is -0.100. The zero-order valence-corrected chi connectivity index (χ0v) is 14.0. The first-order chi connectivity index (χ1) is 8.54. The molecular formula is C12H8Br2ClFOS. The highest BCUT2D eigenvalue weighted by molar-refractivity contribution is 9.10. The molecule has 0 radical (unpaired) electrons. The van der Waals surface area contributed by atoms with Gasteiger partial charge in [0.25, 0.3) is 0 Å². The molecule has 18 heavy (non-hydrogen) atoms. The number of alkyl halides is 1. The van der Waals surface area contributed by atoms with Gasteiger partial charge < -0.3 is 4.74 Å². The average Bonchev–Trinajstić information content (AvgIpc) is 2.77. The second kappa shape index (κ2) is 5.90. The van der Waals surface area contributed by atoms with Gasteiger partial charge in [0.05, 0.1) is 21.4 Å². The van der Waals surface area contributed by atoms with Crippen LogP contribution in [-0.4, -0.2) is 7.11 Å². The minimum absolute atomic E-state index is 0.128. The second-order valence-corrected chi connectivity index (χ2v) is 6.63. The van der Waals surface area contributed by atoms with Gasteiger partial charge in [-0.25, -0.2) is 4.39 Å². The van der Waals surface area contributed by atoms with Crippen molar-refractivity contribution in [2.75, 3.05) is 7.11 Å². The molecular weight excluding hydrogens is 406 g/mol. The molecule has 1 heterocycles. The lowest BCUT2D eigenvalue weighted by atomic mass is 10.1. The van der Waals surface area contributed by atoms with E-state index in [-0.39, 0.29) is 10.6 Å². The Kier molecular flexibility index (Phi) is 4.69. The summed E-state index contributed by atoms with van der Waals surface area (Å²) in [7, 11) is 1.52. The maximum absolute atomic E-state index is 13.5. The number of thiophene rings is 1. The van der Waals surface area contributed by atoms with Crippen molar-refractivity contribution in [1.29, 1.82) is 0 Å². The third kappa shape index (κ3) is 2.74. The van der Waals surface area contributed by atoms with Crippen molar-refractivity contribution < 1.29 is 9.13 Å². The van der Waals surface area contributed by atoms with Gasteiger partial charge in [-0.2, -0.15) is 0 Å². The van der Waals surface area contributed by atoms with Crippen LogP contribution in [0.5, 0.6) is 5.75 Å². The van der Waals surface area contributed by atoms with Crippen molar-refractivity contribution in [3.63, 3.8) is 0 Å². The number of hydrogen-bond acceptors (Lipinski definition) is 2. The molecule has 0 spiro atoms. The quantitative estimate of drug-likeness (QED) is 0.577. The molecule has 0 N–H and O–H groups in total. The molecule has 1 aromatic carbocycles. The van der Waals surface area contributed by atoms with E-state index >= 15 is 0 Å². The van der Waals surface area contributed by atoms with Crippen LogP contribution in [0.2, 0.25) is 5.02 Å². The summed E-state index contributed by atoms with van der Waals surface area (Å²) in [6.07, 6.45) is 0. The van der Waals surface area contributed by atoms with Gasteiger partial charge in [0, 0.05) is 16.5 Å². The first kappa shape index (κ1) is 14.3. The third-order valence-corrected chi connectivity index (χ3v) is 5.71. The van der Waals surface area contributed by atoms with Gasteiger partial charge in [-0.05, 0) is 33.4 Å². The topological polar surface area (TPSA) is 9.23 Å². The van der Waals surface area contributed by atoms with Gasteiger partial charge in [0.1, 0.15) is 11.6 Å². The number of halogens is 4. The number of ether oxygens (including phenoxy) is 1. The van der Waals surface area contributed by atoms with Crippen LogP contribution in [0.25, 0.3) is 0 Å².